The number of nitrogen functional groups attached to an aromatic ring is 1. The number of amides is 1. The monoisotopic (exact) mass is 328 g/mol. The smallest absolute Gasteiger partial charge is 0.248 e. The number of carbonyl (C=O) groups is 1. The van der Waals surface area contributed by atoms with Crippen LogP contribution in [0.5, 0.6) is 17.2 Å². The first-order valence-corrected chi connectivity index (χ1v) is 7.22. The number of nitrogens with one attached hydrogen (secondary N) is 1. The summed E-state index contributed by atoms with van der Waals surface area (Å²) in [5.41, 5.74) is 7.72. The summed E-state index contributed by atoms with van der Waals surface area (Å²) in [5.74, 6) is 1.11. The molecule has 0 spiro atoms. The van der Waals surface area contributed by atoms with E-state index in [0.29, 0.717) is 28.6 Å². The molecular weight excluding hydrogens is 308 g/mol. The second kappa shape index (κ2) is 7.92. The van der Waals surface area contributed by atoms with Crippen molar-refractivity contribution in [2.24, 2.45) is 0 Å². The van der Waals surface area contributed by atoms with Crippen molar-refractivity contribution in [3.05, 3.63) is 48.0 Å². The fourth-order valence-electron chi connectivity index (χ4n) is 2.17. The maximum Gasteiger partial charge on any atom is 0.248 e. The van der Waals surface area contributed by atoms with Crippen molar-refractivity contribution >= 4 is 23.4 Å². The van der Waals surface area contributed by atoms with Gasteiger partial charge in [-0.15, -0.1) is 0 Å². The molecular formula is C18H20N2O4. The predicted octanol–water partition coefficient (Wildman–Crippen LogP) is 2.95. The molecule has 0 aliphatic rings. The first-order valence-electron chi connectivity index (χ1n) is 7.22. The fraction of sp³-hybridized carbons (Fsp3) is 0.167. The third-order valence-electron chi connectivity index (χ3n) is 3.27. The molecule has 0 radical (unpaired) electrons. The Morgan fingerprint density at radius 1 is 1.04 bits per heavy atom. The Morgan fingerprint density at radius 3 is 2.25 bits per heavy atom. The van der Waals surface area contributed by atoms with Crippen LogP contribution in [-0.4, -0.2) is 27.2 Å². The quantitative estimate of drug-likeness (QED) is 0.629. The molecule has 0 saturated carbocycles. The first-order chi connectivity index (χ1) is 11.6. The zero-order valence-corrected chi connectivity index (χ0v) is 13.8. The lowest BCUT2D eigenvalue weighted by Gasteiger charge is -2.14. The van der Waals surface area contributed by atoms with Crippen LogP contribution in [0.1, 0.15) is 5.56 Å². The number of hydrogen-bond acceptors (Lipinski definition) is 5. The summed E-state index contributed by atoms with van der Waals surface area (Å²) < 4.78 is 15.8. The van der Waals surface area contributed by atoms with Crippen LogP contribution in [0.4, 0.5) is 11.4 Å². The molecule has 126 valence electrons. The highest BCUT2D eigenvalue weighted by Crippen LogP contribution is 2.39. The molecule has 0 aromatic heterocycles. The maximum absolute atomic E-state index is 12.1. The predicted molar refractivity (Wildman–Crippen MR) is 94.6 cm³/mol. The van der Waals surface area contributed by atoms with Gasteiger partial charge in [0.05, 0.1) is 21.3 Å². The second-order valence-electron chi connectivity index (χ2n) is 4.91. The van der Waals surface area contributed by atoms with E-state index in [1.54, 1.807) is 30.3 Å². The average molecular weight is 328 g/mol. The minimum absolute atomic E-state index is 0.285. The molecule has 2 aromatic carbocycles. The average Bonchev–Trinajstić information content (AvgIpc) is 2.59. The van der Waals surface area contributed by atoms with E-state index < -0.39 is 0 Å². The standard InChI is InChI=1S/C18H20N2O4/c1-22-15-10-14(11-16(23-2)18(15)24-3)20-17(21)8-7-12-5-4-6-13(19)9-12/h4-11H,19H2,1-3H3,(H,20,21)/b8-7+. The highest BCUT2D eigenvalue weighted by atomic mass is 16.5. The van der Waals surface area contributed by atoms with Crippen molar-refractivity contribution in [2.75, 3.05) is 32.4 Å². The zero-order chi connectivity index (χ0) is 17.5. The van der Waals surface area contributed by atoms with E-state index in [1.807, 2.05) is 12.1 Å². The Balaban J connectivity index is 2.16. The van der Waals surface area contributed by atoms with Gasteiger partial charge in [0, 0.05) is 29.6 Å². The third kappa shape index (κ3) is 4.19. The summed E-state index contributed by atoms with van der Waals surface area (Å²) in [6.45, 7) is 0. The number of benzene rings is 2. The maximum atomic E-state index is 12.1. The molecule has 0 fully saturated rings. The molecule has 0 unspecified atom stereocenters. The molecule has 3 N–H and O–H groups in total. The summed E-state index contributed by atoms with van der Waals surface area (Å²) >= 11 is 0. The van der Waals surface area contributed by atoms with Gasteiger partial charge in [-0.25, -0.2) is 0 Å². The summed E-state index contributed by atoms with van der Waals surface area (Å²) in [7, 11) is 4.55. The van der Waals surface area contributed by atoms with Crippen LogP contribution in [0.2, 0.25) is 0 Å². The molecule has 0 atom stereocenters. The Labute approximate surface area is 140 Å². The summed E-state index contributed by atoms with van der Waals surface area (Å²) in [5, 5.41) is 2.75. The first kappa shape index (κ1) is 17.2. The SMILES string of the molecule is COc1cc(NC(=O)/C=C/c2cccc(N)c2)cc(OC)c1OC. The number of rotatable bonds is 6. The lowest BCUT2D eigenvalue weighted by Crippen LogP contribution is -2.08. The van der Waals surface area contributed by atoms with Crippen LogP contribution in [0.25, 0.3) is 6.08 Å². The van der Waals surface area contributed by atoms with Crippen molar-refractivity contribution in [3.63, 3.8) is 0 Å². The number of hydrogen-bond donors (Lipinski definition) is 2. The highest BCUT2D eigenvalue weighted by molar-refractivity contribution is 6.02. The van der Waals surface area contributed by atoms with Crippen molar-refractivity contribution in [3.8, 4) is 17.2 Å². The molecule has 24 heavy (non-hydrogen) atoms. The van der Waals surface area contributed by atoms with E-state index in [2.05, 4.69) is 5.32 Å². The van der Waals surface area contributed by atoms with Crippen LogP contribution in [-0.2, 0) is 4.79 Å². The summed E-state index contributed by atoms with van der Waals surface area (Å²) in [6.07, 6.45) is 3.11. The molecule has 0 aliphatic carbocycles. The minimum atomic E-state index is -0.285. The van der Waals surface area contributed by atoms with Gasteiger partial charge in [0.25, 0.3) is 0 Å². The molecule has 1 amide bonds. The van der Waals surface area contributed by atoms with Crippen LogP contribution < -0.4 is 25.3 Å². The Morgan fingerprint density at radius 2 is 1.71 bits per heavy atom. The lowest BCUT2D eigenvalue weighted by atomic mass is 10.2. The lowest BCUT2D eigenvalue weighted by molar-refractivity contribution is -0.111. The number of anilines is 2. The third-order valence-corrected chi connectivity index (χ3v) is 3.27. The number of ether oxygens (including phenoxy) is 3. The number of carbonyl (C=O) groups excluding carboxylic acids is 1. The molecule has 6 nitrogen and oxygen atoms in total. The van der Waals surface area contributed by atoms with Gasteiger partial charge in [-0.3, -0.25) is 4.79 Å². The molecule has 6 heteroatoms. The molecule has 2 rings (SSSR count). The Kier molecular flexibility index (Phi) is 5.68. The van der Waals surface area contributed by atoms with E-state index in [9.17, 15) is 4.79 Å². The number of methoxy groups -OCH3 is 3. The van der Waals surface area contributed by atoms with Gasteiger partial charge in [-0.05, 0) is 23.8 Å². The van der Waals surface area contributed by atoms with Crippen molar-refractivity contribution < 1.29 is 19.0 Å². The molecule has 0 aliphatic heterocycles. The van der Waals surface area contributed by atoms with Crippen molar-refractivity contribution in [1.82, 2.24) is 0 Å². The van der Waals surface area contributed by atoms with Gasteiger partial charge < -0.3 is 25.3 Å². The normalized spacial score (nSPS) is 10.5. The van der Waals surface area contributed by atoms with E-state index in [1.165, 1.54) is 27.4 Å². The number of nitrogens with two attached hydrogens (primary N) is 1. The van der Waals surface area contributed by atoms with E-state index in [-0.39, 0.29) is 5.91 Å². The summed E-state index contributed by atoms with van der Waals surface area (Å²) in [6, 6.07) is 10.6. The van der Waals surface area contributed by atoms with Crippen LogP contribution in [0.3, 0.4) is 0 Å². The fourth-order valence-corrected chi connectivity index (χ4v) is 2.17. The van der Waals surface area contributed by atoms with Crippen molar-refractivity contribution in [2.45, 2.75) is 0 Å². The molecule has 2 aromatic rings. The topological polar surface area (TPSA) is 82.8 Å². The second-order valence-corrected chi connectivity index (χ2v) is 4.91. The van der Waals surface area contributed by atoms with Crippen LogP contribution in [0.15, 0.2) is 42.5 Å². The van der Waals surface area contributed by atoms with E-state index >= 15 is 0 Å². The van der Waals surface area contributed by atoms with Gasteiger partial charge in [0.2, 0.25) is 11.7 Å². The molecule has 0 bridgehead atoms. The molecule has 0 saturated heterocycles. The summed E-state index contributed by atoms with van der Waals surface area (Å²) in [4.78, 5) is 12.1. The Bertz CT molecular complexity index is 731. The Hall–Kier alpha value is -3.15. The van der Waals surface area contributed by atoms with Crippen LogP contribution >= 0.6 is 0 Å². The van der Waals surface area contributed by atoms with Gasteiger partial charge >= 0.3 is 0 Å². The van der Waals surface area contributed by atoms with E-state index in [0.717, 1.165) is 5.56 Å². The van der Waals surface area contributed by atoms with Gasteiger partial charge in [-0.2, -0.15) is 0 Å². The zero-order valence-electron chi connectivity index (χ0n) is 13.8. The van der Waals surface area contributed by atoms with Gasteiger partial charge in [0.1, 0.15) is 0 Å². The van der Waals surface area contributed by atoms with Gasteiger partial charge in [-0.1, -0.05) is 12.1 Å². The minimum Gasteiger partial charge on any atom is -0.493 e. The van der Waals surface area contributed by atoms with Crippen molar-refractivity contribution in [1.29, 1.82) is 0 Å². The molecule has 0 heterocycles. The van der Waals surface area contributed by atoms with E-state index in [4.69, 9.17) is 19.9 Å². The van der Waals surface area contributed by atoms with Gasteiger partial charge in [0.15, 0.2) is 11.5 Å². The largest absolute Gasteiger partial charge is 0.493 e. The highest BCUT2D eigenvalue weighted by Gasteiger charge is 2.13. The van der Waals surface area contributed by atoms with Crippen LogP contribution in [0, 0.1) is 0 Å².